The van der Waals surface area contributed by atoms with Crippen LogP contribution in [0.3, 0.4) is 0 Å². The summed E-state index contributed by atoms with van der Waals surface area (Å²) < 4.78 is 18.4. The number of hydrogen-bond donors (Lipinski definition) is 0. The van der Waals surface area contributed by atoms with Gasteiger partial charge in [0.1, 0.15) is 11.6 Å². The fraction of sp³-hybridized carbons (Fsp3) is 0.263. The molecule has 1 heterocycles. The molecule has 0 aromatic heterocycles. The van der Waals surface area contributed by atoms with E-state index in [9.17, 15) is 14.0 Å². The molecule has 5 nitrogen and oxygen atoms in total. The Kier molecular flexibility index (Phi) is 6.19. The van der Waals surface area contributed by atoms with Gasteiger partial charge in [0, 0.05) is 42.8 Å². The molecular formula is C19H17Cl2FN2O3. The first-order valence-corrected chi connectivity index (χ1v) is 9.10. The predicted octanol–water partition coefficient (Wildman–Crippen LogP) is 3.50. The lowest BCUT2D eigenvalue weighted by Gasteiger charge is -2.34. The molecule has 0 saturated carbocycles. The zero-order chi connectivity index (χ0) is 19.4. The van der Waals surface area contributed by atoms with Crippen LogP contribution < -0.4 is 4.74 Å². The Morgan fingerprint density at radius 2 is 1.59 bits per heavy atom. The Labute approximate surface area is 166 Å². The number of nitrogens with zero attached hydrogens (tertiary/aromatic N) is 2. The van der Waals surface area contributed by atoms with E-state index in [1.165, 1.54) is 24.3 Å². The van der Waals surface area contributed by atoms with E-state index < -0.39 is 0 Å². The van der Waals surface area contributed by atoms with Gasteiger partial charge in [0.05, 0.1) is 5.02 Å². The zero-order valence-corrected chi connectivity index (χ0v) is 15.8. The number of carbonyl (C=O) groups excluding carboxylic acids is 2. The van der Waals surface area contributed by atoms with Crippen molar-refractivity contribution in [1.29, 1.82) is 0 Å². The molecule has 0 aliphatic carbocycles. The molecule has 2 amide bonds. The second kappa shape index (κ2) is 8.59. The van der Waals surface area contributed by atoms with Gasteiger partial charge in [-0.25, -0.2) is 4.39 Å². The van der Waals surface area contributed by atoms with Crippen molar-refractivity contribution in [3.05, 3.63) is 63.9 Å². The van der Waals surface area contributed by atoms with Gasteiger partial charge in [-0.2, -0.15) is 0 Å². The molecule has 27 heavy (non-hydrogen) atoms. The second-order valence-corrected chi connectivity index (χ2v) is 6.89. The smallest absolute Gasteiger partial charge is 0.260 e. The van der Waals surface area contributed by atoms with Crippen molar-refractivity contribution in [3.63, 3.8) is 0 Å². The molecule has 2 aromatic rings. The maximum absolute atomic E-state index is 13.0. The van der Waals surface area contributed by atoms with Crippen LogP contribution in [-0.2, 0) is 4.79 Å². The van der Waals surface area contributed by atoms with E-state index in [1.807, 2.05) is 0 Å². The summed E-state index contributed by atoms with van der Waals surface area (Å²) in [5.74, 6) is -0.409. The van der Waals surface area contributed by atoms with Gasteiger partial charge in [-0.05, 0) is 36.4 Å². The number of piperazine rings is 1. The molecule has 0 bridgehead atoms. The van der Waals surface area contributed by atoms with Crippen molar-refractivity contribution in [2.75, 3.05) is 32.8 Å². The van der Waals surface area contributed by atoms with Gasteiger partial charge in [-0.15, -0.1) is 0 Å². The van der Waals surface area contributed by atoms with Gasteiger partial charge in [0.15, 0.2) is 6.61 Å². The van der Waals surface area contributed by atoms with E-state index in [-0.39, 0.29) is 24.2 Å². The van der Waals surface area contributed by atoms with E-state index in [0.717, 1.165) is 0 Å². The van der Waals surface area contributed by atoms with Crippen molar-refractivity contribution in [1.82, 2.24) is 9.80 Å². The van der Waals surface area contributed by atoms with E-state index >= 15 is 0 Å². The van der Waals surface area contributed by atoms with Gasteiger partial charge >= 0.3 is 0 Å². The molecule has 2 aromatic carbocycles. The third kappa shape index (κ3) is 4.90. The first kappa shape index (κ1) is 19.5. The summed E-state index contributed by atoms with van der Waals surface area (Å²) in [5, 5.41) is 0.844. The van der Waals surface area contributed by atoms with Crippen molar-refractivity contribution >= 4 is 35.0 Å². The normalized spacial score (nSPS) is 14.2. The van der Waals surface area contributed by atoms with Crippen molar-refractivity contribution in [2.45, 2.75) is 0 Å². The molecule has 3 rings (SSSR count). The highest BCUT2D eigenvalue weighted by Gasteiger charge is 2.25. The van der Waals surface area contributed by atoms with Crippen LogP contribution in [-0.4, -0.2) is 54.4 Å². The molecule has 0 radical (unpaired) electrons. The molecule has 1 saturated heterocycles. The quantitative estimate of drug-likeness (QED) is 0.774. The maximum Gasteiger partial charge on any atom is 0.260 e. The largest absolute Gasteiger partial charge is 0.482 e. The molecule has 8 heteroatoms. The summed E-state index contributed by atoms with van der Waals surface area (Å²) >= 11 is 11.9. The topological polar surface area (TPSA) is 49.9 Å². The SMILES string of the molecule is O=C(COc1cc(Cl)ccc1Cl)N1CCN(C(=O)c2ccc(F)cc2)CC1. The van der Waals surface area contributed by atoms with Gasteiger partial charge in [-0.1, -0.05) is 23.2 Å². The number of halogens is 3. The van der Waals surface area contributed by atoms with Crippen LogP contribution in [0.25, 0.3) is 0 Å². The third-order valence-corrected chi connectivity index (χ3v) is 4.80. The van der Waals surface area contributed by atoms with Crippen molar-refractivity contribution in [3.8, 4) is 5.75 Å². The molecule has 0 atom stereocenters. The number of ether oxygens (including phenoxy) is 1. The van der Waals surface area contributed by atoms with Crippen molar-refractivity contribution in [2.24, 2.45) is 0 Å². The highest BCUT2D eigenvalue weighted by atomic mass is 35.5. The fourth-order valence-corrected chi connectivity index (χ4v) is 3.09. The third-order valence-electron chi connectivity index (χ3n) is 4.26. The molecule has 1 fully saturated rings. The highest BCUT2D eigenvalue weighted by molar-refractivity contribution is 6.34. The molecule has 0 spiro atoms. The fourth-order valence-electron chi connectivity index (χ4n) is 2.75. The van der Waals surface area contributed by atoms with E-state index in [1.54, 1.807) is 28.0 Å². The zero-order valence-electron chi connectivity index (χ0n) is 14.3. The molecule has 142 valence electrons. The van der Waals surface area contributed by atoms with Crippen LogP contribution >= 0.6 is 23.2 Å². The monoisotopic (exact) mass is 410 g/mol. The van der Waals surface area contributed by atoms with Gasteiger partial charge in [0.2, 0.25) is 0 Å². The Morgan fingerprint density at radius 1 is 0.963 bits per heavy atom. The lowest BCUT2D eigenvalue weighted by atomic mass is 10.2. The van der Waals surface area contributed by atoms with Crippen molar-refractivity contribution < 1.29 is 18.7 Å². The summed E-state index contributed by atoms with van der Waals surface area (Å²) in [7, 11) is 0. The molecule has 1 aliphatic heterocycles. The average molecular weight is 411 g/mol. The molecule has 1 aliphatic rings. The average Bonchev–Trinajstić information content (AvgIpc) is 2.68. The number of amides is 2. The predicted molar refractivity (Wildman–Crippen MR) is 101 cm³/mol. The Bertz CT molecular complexity index is 837. The summed E-state index contributed by atoms with van der Waals surface area (Å²) in [5.41, 5.74) is 0.426. The first-order valence-electron chi connectivity index (χ1n) is 8.34. The minimum Gasteiger partial charge on any atom is -0.482 e. The van der Waals surface area contributed by atoms with Crippen LogP contribution in [0.4, 0.5) is 4.39 Å². The second-order valence-electron chi connectivity index (χ2n) is 6.04. The summed E-state index contributed by atoms with van der Waals surface area (Å²) in [6.45, 7) is 1.45. The van der Waals surface area contributed by atoms with E-state index in [0.29, 0.717) is 47.5 Å². The Morgan fingerprint density at radius 3 is 2.26 bits per heavy atom. The number of benzene rings is 2. The minimum absolute atomic E-state index is 0.161. The van der Waals surface area contributed by atoms with E-state index in [4.69, 9.17) is 27.9 Å². The van der Waals surface area contributed by atoms with Gasteiger partial charge in [-0.3, -0.25) is 9.59 Å². The minimum atomic E-state index is -0.387. The lowest BCUT2D eigenvalue weighted by Crippen LogP contribution is -2.51. The standard InChI is InChI=1S/C19H17Cl2FN2O3/c20-14-3-6-16(21)17(11-14)27-12-18(25)23-7-9-24(10-8-23)19(26)13-1-4-15(22)5-2-13/h1-6,11H,7-10,12H2. The van der Waals surface area contributed by atoms with Crippen LogP contribution in [0, 0.1) is 5.82 Å². The highest BCUT2D eigenvalue weighted by Crippen LogP contribution is 2.27. The first-order chi connectivity index (χ1) is 12.9. The number of hydrogen-bond acceptors (Lipinski definition) is 3. The summed E-state index contributed by atoms with van der Waals surface area (Å²) in [6.07, 6.45) is 0. The lowest BCUT2D eigenvalue weighted by molar-refractivity contribution is -0.134. The number of rotatable bonds is 4. The molecule has 0 N–H and O–H groups in total. The van der Waals surface area contributed by atoms with Crippen LogP contribution in [0.5, 0.6) is 5.75 Å². The van der Waals surface area contributed by atoms with Crippen LogP contribution in [0.2, 0.25) is 10.0 Å². The molecular weight excluding hydrogens is 394 g/mol. The van der Waals surface area contributed by atoms with Gasteiger partial charge in [0.25, 0.3) is 11.8 Å². The summed E-state index contributed by atoms with van der Waals surface area (Å²) in [6, 6.07) is 10.2. The van der Waals surface area contributed by atoms with E-state index in [2.05, 4.69) is 0 Å². The Balaban J connectivity index is 1.51. The number of carbonyl (C=O) groups is 2. The summed E-state index contributed by atoms with van der Waals surface area (Å²) in [4.78, 5) is 28.0. The maximum atomic E-state index is 13.0. The van der Waals surface area contributed by atoms with Crippen LogP contribution in [0.1, 0.15) is 10.4 Å². The molecule has 0 unspecified atom stereocenters. The Hall–Kier alpha value is -2.31. The van der Waals surface area contributed by atoms with Gasteiger partial charge < -0.3 is 14.5 Å². The van der Waals surface area contributed by atoms with Crippen LogP contribution in [0.15, 0.2) is 42.5 Å².